The first-order valence-electron chi connectivity index (χ1n) is 9.54. The predicted octanol–water partition coefficient (Wildman–Crippen LogP) is 3.88. The highest BCUT2D eigenvalue weighted by atomic mass is 35.5. The third kappa shape index (κ3) is 4.56. The summed E-state index contributed by atoms with van der Waals surface area (Å²) in [5.74, 6) is 0.723. The molecule has 0 aliphatic carbocycles. The lowest BCUT2D eigenvalue weighted by atomic mass is 10.0. The summed E-state index contributed by atoms with van der Waals surface area (Å²) >= 11 is 6.45. The minimum Gasteiger partial charge on any atom is -0.396 e. The van der Waals surface area contributed by atoms with Gasteiger partial charge in [-0.15, -0.1) is 0 Å². The van der Waals surface area contributed by atoms with Gasteiger partial charge in [-0.05, 0) is 37.6 Å². The van der Waals surface area contributed by atoms with Gasteiger partial charge in [-0.3, -0.25) is 0 Å². The monoisotopic (exact) mass is 402 g/mol. The van der Waals surface area contributed by atoms with E-state index < -0.39 is 0 Å². The number of aliphatic hydroxyl groups is 1. The van der Waals surface area contributed by atoms with Crippen LogP contribution in [-0.2, 0) is 0 Å². The molecule has 150 valence electrons. The zero-order valence-corrected chi connectivity index (χ0v) is 17.3. The normalized spacial score (nSPS) is 18.1. The molecule has 1 saturated heterocycles. The number of piperazine rings is 1. The molecule has 2 unspecified atom stereocenters. The highest BCUT2D eigenvalue weighted by molar-refractivity contribution is 6.33. The molecule has 1 aromatic carbocycles. The molecule has 0 radical (unpaired) electrons. The number of anilines is 2. The Bertz CT molecular complexity index is 828. The molecule has 2 heterocycles. The van der Waals surface area contributed by atoms with E-state index in [4.69, 9.17) is 11.6 Å². The van der Waals surface area contributed by atoms with Crippen molar-refractivity contribution in [3.8, 4) is 0 Å². The van der Waals surface area contributed by atoms with Gasteiger partial charge in [-0.1, -0.05) is 36.2 Å². The highest BCUT2D eigenvalue weighted by Gasteiger charge is 2.29. The lowest BCUT2D eigenvalue weighted by molar-refractivity contribution is 0.184. The van der Waals surface area contributed by atoms with Gasteiger partial charge in [0, 0.05) is 50.1 Å². The Kier molecular flexibility index (Phi) is 6.42. The fourth-order valence-corrected chi connectivity index (χ4v) is 3.63. The summed E-state index contributed by atoms with van der Waals surface area (Å²) in [7, 11) is 0. The van der Waals surface area contributed by atoms with E-state index >= 15 is 0 Å². The number of carbonyl (C=O) groups is 1. The van der Waals surface area contributed by atoms with Crippen LogP contribution >= 0.6 is 11.6 Å². The second kappa shape index (κ2) is 8.80. The minimum atomic E-state index is -0.0952. The number of rotatable bonds is 4. The van der Waals surface area contributed by atoms with Crippen molar-refractivity contribution in [2.24, 2.45) is 0 Å². The average Bonchev–Trinajstić information content (AvgIpc) is 2.68. The van der Waals surface area contributed by atoms with E-state index in [0.717, 1.165) is 22.6 Å². The molecule has 3 rings (SSSR count). The number of nitrogens with zero attached hydrogens (tertiary/aromatic N) is 3. The lowest BCUT2D eigenvalue weighted by Crippen LogP contribution is -2.55. The van der Waals surface area contributed by atoms with Crippen molar-refractivity contribution in [3.05, 3.63) is 52.7 Å². The Hall–Kier alpha value is -2.31. The summed E-state index contributed by atoms with van der Waals surface area (Å²) in [6.45, 7) is 7.94. The number of aryl methyl sites for hydroxylation is 1. The number of pyridine rings is 1. The van der Waals surface area contributed by atoms with Crippen molar-refractivity contribution in [1.82, 2.24) is 9.88 Å². The van der Waals surface area contributed by atoms with Gasteiger partial charge in [0.15, 0.2) is 0 Å². The Morgan fingerprint density at radius 3 is 2.68 bits per heavy atom. The molecule has 2 N–H and O–H groups in total. The van der Waals surface area contributed by atoms with Crippen molar-refractivity contribution < 1.29 is 9.90 Å². The minimum absolute atomic E-state index is 0.000269. The maximum absolute atomic E-state index is 12.7. The maximum Gasteiger partial charge on any atom is 0.322 e. The third-order valence-corrected chi connectivity index (χ3v) is 5.45. The standard InChI is InChI=1S/C21H27ClN4O2/c1-14-4-6-18(7-5-14)24-21(28)26-9-8-25(12-16(26)3)20-19(22)10-17(11-23-20)15(2)13-27/h4-7,10-11,15-16,27H,8-9,12-13H2,1-3H3,(H,24,28). The van der Waals surface area contributed by atoms with Gasteiger partial charge in [0.2, 0.25) is 0 Å². The Balaban J connectivity index is 1.64. The van der Waals surface area contributed by atoms with Crippen LogP contribution in [0.2, 0.25) is 5.02 Å². The second-order valence-electron chi connectivity index (χ2n) is 7.44. The van der Waals surface area contributed by atoms with E-state index in [1.807, 2.05) is 56.0 Å². The van der Waals surface area contributed by atoms with Gasteiger partial charge in [0.05, 0.1) is 5.02 Å². The van der Waals surface area contributed by atoms with E-state index in [-0.39, 0.29) is 24.6 Å². The van der Waals surface area contributed by atoms with Crippen LogP contribution in [0.3, 0.4) is 0 Å². The number of aromatic nitrogens is 1. The molecule has 0 saturated carbocycles. The van der Waals surface area contributed by atoms with Crippen LogP contribution in [0, 0.1) is 6.92 Å². The van der Waals surface area contributed by atoms with E-state index in [1.54, 1.807) is 6.20 Å². The van der Waals surface area contributed by atoms with Gasteiger partial charge in [-0.25, -0.2) is 9.78 Å². The van der Waals surface area contributed by atoms with Crippen LogP contribution in [0.15, 0.2) is 36.5 Å². The van der Waals surface area contributed by atoms with E-state index in [1.165, 1.54) is 0 Å². The first-order chi connectivity index (χ1) is 13.4. The number of urea groups is 1. The predicted molar refractivity (Wildman–Crippen MR) is 113 cm³/mol. The van der Waals surface area contributed by atoms with Crippen molar-refractivity contribution in [1.29, 1.82) is 0 Å². The number of hydrogen-bond acceptors (Lipinski definition) is 4. The van der Waals surface area contributed by atoms with Gasteiger partial charge >= 0.3 is 6.03 Å². The van der Waals surface area contributed by atoms with Gasteiger partial charge in [0.25, 0.3) is 0 Å². The Morgan fingerprint density at radius 1 is 1.36 bits per heavy atom. The molecule has 2 amide bonds. The summed E-state index contributed by atoms with van der Waals surface area (Å²) in [5, 5.41) is 12.8. The zero-order chi connectivity index (χ0) is 20.3. The van der Waals surface area contributed by atoms with Crippen molar-refractivity contribution >= 4 is 29.1 Å². The molecule has 28 heavy (non-hydrogen) atoms. The second-order valence-corrected chi connectivity index (χ2v) is 7.85. The summed E-state index contributed by atoms with van der Waals surface area (Å²) in [6.07, 6.45) is 1.77. The molecular formula is C21H27ClN4O2. The largest absolute Gasteiger partial charge is 0.396 e. The van der Waals surface area contributed by atoms with Crippen LogP contribution in [0.1, 0.15) is 30.9 Å². The van der Waals surface area contributed by atoms with E-state index in [0.29, 0.717) is 24.7 Å². The van der Waals surface area contributed by atoms with Crippen molar-refractivity contribution in [2.45, 2.75) is 32.7 Å². The Morgan fingerprint density at radius 2 is 2.07 bits per heavy atom. The average molecular weight is 403 g/mol. The molecule has 0 spiro atoms. The fourth-order valence-electron chi connectivity index (χ4n) is 3.34. The van der Waals surface area contributed by atoms with Crippen LogP contribution in [0.5, 0.6) is 0 Å². The third-order valence-electron chi connectivity index (χ3n) is 5.18. The van der Waals surface area contributed by atoms with Crippen LogP contribution in [0.25, 0.3) is 0 Å². The van der Waals surface area contributed by atoms with Crippen molar-refractivity contribution in [3.63, 3.8) is 0 Å². The number of hydrogen-bond donors (Lipinski definition) is 2. The zero-order valence-electron chi connectivity index (χ0n) is 16.5. The Labute approximate surface area is 171 Å². The summed E-state index contributed by atoms with van der Waals surface area (Å²) in [4.78, 5) is 21.1. The SMILES string of the molecule is Cc1ccc(NC(=O)N2CCN(c3ncc(C(C)CO)cc3Cl)CC2C)cc1. The van der Waals surface area contributed by atoms with Crippen LogP contribution < -0.4 is 10.2 Å². The fraction of sp³-hybridized carbons (Fsp3) is 0.429. The molecular weight excluding hydrogens is 376 g/mol. The topological polar surface area (TPSA) is 68.7 Å². The van der Waals surface area contributed by atoms with Gasteiger partial charge in [-0.2, -0.15) is 0 Å². The smallest absolute Gasteiger partial charge is 0.322 e. The first kappa shape index (κ1) is 20.4. The molecule has 1 aliphatic heterocycles. The molecule has 1 aromatic heterocycles. The molecule has 2 aromatic rings. The molecule has 1 fully saturated rings. The highest BCUT2D eigenvalue weighted by Crippen LogP contribution is 2.28. The quantitative estimate of drug-likeness (QED) is 0.814. The number of aliphatic hydroxyl groups excluding tert-OH is 1. The molecule has 0 bridgehead atoms. The van der Waals surface area contributed by atoms with E-state index in [9.17, 15) is 9.90 Å². The number of halogens is 1. The van der Waals surface area contributed by atoms with E-state index in [2.05, 4.69) is 15.2 Å². The summed E-state index contributed by atoms with van der Waals surface area (Å²) in [6, 6.07) is 9.57. The van der Waals surface area contributed by atoms with Crippen LogP contribution in [-0.4, -0.2) is 53.3 Å². The summed E-state index contributed by atoms with van der Waals surface area (Å²) < 4.78 is 0. The molecule has 1 aliphatic rings. The van der Waals surface area contributed by atoms with Gasteiger partial charge in [0.1, 0.15) is 5.82 Å². The van der Waals surface area contributed by atoms with Gasteiger partial charge < -0.3 is 20.2 Å². The number of benzene rings is 1. The van der Waals surface area contributed by atoms with Crippen molar-refractivity contribution in [2.75, 3.05) is 36.5 Å². The maximum atomic E-state index is 12.7. The molecule has 6 nitrogen and oxygen atoms in total. The molecule has 7 heteroatoms. The number of amides is 2. The number of nitrogens with one attached hydrogen (secondary N) is 1. The first-order valence-corrected chi connectivity index (χ1v) is 9.92. The van der Waals surface area contributed by atoms with Crippen LogP contribution in [0.4, 0.5) is 16.3 Å². The number of carbonyl (C=O) groups excluding carboxylic acids is 1. The summed E-state index contributed by atoms with van der Waals surface area (Å²) in [5.41, 5.74) is 2.87. The lowest BCUT2D eigenvalue weighted by Gasteiger charge is -2.40. The molecule has 2 atom stereocenters.